The normalized spacial score (nSPS) is 14.0. The molecule has 0 saturated heterocycles. The van der Waals surface area contributed by atoms with Crippen molar-refractivity contribution in [3.8, 4) is 0 Å². The van der Waals surface area contributed by atoms with Crippen LogP contribution in [0, 0.1) is 0 Å². The van der Waals surface area contributed by atoms with Gasteiger partial charge < -0.3 is 20.3 Å². The van der Waals surface area contributed by atoms with E-state index in [1.54, 1.807) is 0 Å². The molecule has 3 N–H and O–H groups in total. The minimum absolute atomic E-state index is 0.0524. The summed E-state index contributed by atoms with van der Waals surface area (Å²) in [5.41, 5.74) is 0. The van der Waals surface area contributed by atoms with Crippen LogP contribution in [0.5, 0.6) is 0 Å². The quantitative estimate of drug-likeness (QED) is 0.0245. The molecule has 0 radical (unpaired) electrons. The number of aliphatic hydroxyl groups is 2. The second kappa shape index (κ2) is 49.1. The SMILES string of the molecule is CC\C=C/C=C/C=C/C=C\C=C\C=C\CCCCCC(=O)OC(CCCCCCCCC/C=C/CCCCCCCC)CC(=O)NC(CO)C(O)CCCCCCCCCCC. The highest BCUT2D eigenvalue weighted by molar-refractivity contribution is 5.77. The Kier molecular flexibility index (Phi) is 46.7. The molecule has 62 heavy (non-hydrogen) atoms. The highest BCUT2D eigenvalue weighted by Gasteiger charge is 2.24. The Hall–Kier alpha value is -2.96. The van der Waals surface area contributed by atoms with E-state index >= 15 is 0 Å². The van der Waals surface area contributed by atoms with Crippen LogP contribution >= 0.6 is 0 Å². The van der Waals surface area contributed by atoms with E-state index in [4.69, 9.17) is 4.74 Å². The molecule has 0 aromatic heterocycles. The number of amides is 1. The summed E-state index contributed by atoms with van der Waals surface area (Å²) in [6, 6.07) is -0.715. The predicted molar refractivity (Wildman–Crippen MR) is 268 cm³/mol. The Labute approximate surface area is 383 Å². The summed E-state index contributed by atoms with van der Waals surface area (Å²) in [7, 11) is 0. The first-order valence-corrected chi connectivity index (χ1v) is 25.9. The summed E-state index contributed by atoms with van der Waals surface area (Å²) >= 11 is 0. The molecule has 0 heterocycles. The molecule has 6 heteroatoms. The molecule has 0 aromatic carbocycles. The van der Waals surface area contributed by atoms with Crippen molar-refractivity contribution in [3.63, 3.8) is 0 Å². The molecule has 0 aliphatic heterocycles. The molecule has 0 bridgehead atoms. The maximum absolute atomic E-state index is 13.2. The minimum Gasteiger partial charge on any atom is -0.462 e. The van der Waals surface area contributed by atoms with Crippen molar-refractivity contribution in [3.05, 3.63) is 85.1 Å². The van der Waals surface area contributed by atoms with Gasteiger partial charge in [0.25, 0.3) is 0 Å². The first-order chi connectivity index (χ1) is 30.5. The third-order valence-corrected chi connectivity index (χ3v) is 11.4. The molecular weight excluding hydrogens is 767 g/mol. The van der Waals surface area contributed by atoms with E-state index in [0.717, 1.165) is 70.6 Å². The summed E-state index contributed by atoms with van der Waals surface area (Å²) in [4.78, 5) is 26.1. The second-order valence-electron chi connectivity index (χ2n) is 17.3. The smallest absolute Gasteiger partial charge is 0.306 e. The molecule has 0 aliphatic carbocycles. The molecule has 1 amide bonds. The standard InChI is InChI=1S/C56H97NO5/c1-4-7-10-13-16-19-21-23-25-27-29-31-33-36-38-41-44-47-52(50-55(60)57-53(51-58)54(59)48-45-42-39-35-18-15-12-9-6-3)62-56(61)49-46-43-40-37-34-32-30-28-26-24-22-20-17-14-11-8-5-2/h8,11,14,17,20,22-26,28,30,32,34,52-54,58-59H,4-7,9-10,12-13,15-16,18-19,21,27,29,31,33,35-51H2,1-3H3,(H,57,60)/b11-8-,17-14+,22-20+,25-23+,26-24-,30-28+,34-32+. The lowest BCUT2D eigenvalue weighted by Crippen LogP contribution is -2.46. The van der Waals surface area contributed by atoms with E-state index in [2.05, 4.69) is 56.5 Å². The summed E-state index contributed by atoms with van der Waals surface area (Å²) in [6.07, 6.45) is 63.5. The number of allylic oxidation sites excluding steroid dienone is 14. The van der Waals surface area contributed by atoms with Crippen molar-refractivity contribution < 1.29 is 24.5 Å². The fourth-order valence-corrected chi connectivity index (χ4v) is 7.46. The summed E-state index contributed by atoms with van der Waals surface area (Å²) in [5, 5.41) is 23.7. The van der Waals surface area contributed by atoms with Crippen LogP contribution in [0.3, 0.4) is 0 Å². The molecule has 0 aliphatic rings. The van der Waals surface area contributed by atoms with Gasteiger partial charge in [0.2, 0.25) is 5.91 Å². The Morgan fingerprint density at radius 2 is 0.887 bits per heavy atom. The van der Waals surface area contributed by atoms with Crippen molar-refractivity contribution >= 4 is 11.9 Å². The van der Waals surface area contributed by atoms with Gasteiger partial charge in [0, 0.05) is 6.42 Å². The first kappa shape index (κ1) is 59.0. The summed E-state index contributed by atoms with van der Waals surface area (Å²) < 4.78 is 5.92. The number of carbonyl (C=O) groups excluding carboxylic acids is 2. The number of unbranched alkanes of at least 4 members (excludes halogenated alkanes) is 24. The third kappa shape index (κ3) is 43.7. The van der Waals surface area contributed by atoms with E-state index in [-0.39, 0.29) is 24.9 Å². The van der Waals surface area contributed by atoms with Gasteiger partial charge in [-0.05, 0) is 70.6 Å². The molecule has 3 atom stereocenters. The van der Waals surface area contributed by atoms with Gasteiger partial charge >= 0.3 is 5.97 Å². The van der Waals surface area contributed by atoms with Crippen LogP contribution in [0.2, 0.25) is 0 Å². The largest absolute Gasteiger partial charge is 0.462 e. The van der Waals surface area contributed by atoms with Gasteiger partial charge in [-0.3, -0.25) is 9.59 Å². The van der Waals surface area contributed by atoms with Crippen LogP contribution in [0.4, 0.5) is 0 Å². The van der Waals surface area contributed by atoms with Gasteiger partial charge in [-0.15, -0.1) is 0 Å². The number of carbonyl (C=O) groups is 2. The summed E-state index contributed by atoms with van der Waals surface area (Å²) in [5.74, 6) is -0.533. The van der Waals surface area contributed by atoms with Crippen molar-refractivity contribution in [2.45, 2.75) is 251 Å². The number of ether oxygens (including phenoxy) is 1. The topological polar surface area (TPSA) is 95.9 Å². The van der Waals surface area contributed by atoms with E-state index < -0.39 is 18.2 Å². The molecule has 0 aromatic rings. The number of aliphatic hydroxyl groups excluding tert-OH is 2. The lowest BCUT2D eigenvalue weighted by Gasteiger charge is -2.24. The van der Waals surface area contributed by atoms with Crippen LogP contribution in [0.15, 0.2) is 85.1 Å². The average Bonchev–Trinajstić information content (AvgIpc) is 3.26. The number of rotatable bonds is 45. The molecule has 0 fully saturated rings. The fourth-order valence-electron chi connectivity index (χ4n) is 7.46. The molecule has 0 saturated carbocycles. The van der Waals surface area contributed by atoms with Crippen molar-refractivity contribution in [1.29, 1.82) is 0 Å². The number of esters is 1. The fraction of sp³-hybridized carbons (Fsp3) is 0.714. The summed E-state index contributed by atoms with van der Waals surface area (Å²) in [6.45, 7) is 6.30. The minimum atomic E-state index is -0.799. The molecule has 0 spiro atoms. The predicted octanol–water partition coefficient (Wildman–Crippen LogP) is 15.6. The highest BCUT2D eigenvalue weighted by Crippen LogP contribution is 2.17. The van der Waals surface area contributed by atoms with Gasteiger partial charge in [-0.1, -0.05) is 234 Å². The highest BCUT2D eigenvalue weighted by atomic mass is 16.5. The Morgan fingerprint density at radius 1 is 0.484 bits per heavy atom. The molecule has 3 unspecified atom stereocenters. The van der Waals surface area contributed by atoms with Crippen LogP contribution in [0.25, 0.3) is 0 Å². The third-order valence-electron chi connectivity index (χ3n) is 11.4. The number of hydrogen-bond acceptors (Lipinski definition) is 5. The van der Waals surface area contributed by atoms with Crippen LogP contribution in [-0.4, -0.2) is 46.9 Å². The Balaban J connectivity index is 4.69. The van der Waals surface area contributed by atoms with Gasteiger partial charge in [0.1, 0.15) is 6.10 Å². The Morgan fingerprint density at radius 3 is 1.37 bits per heavy atom. The monoisotopic (exact) mass is 864 g/mol. The van der Waals surface area contributed by atoms with E-state index in [9.17, 15) is 19.8 Å². The lowest BCUT2D eigenvalue weighted by molar-refractivity contribution is -0.151. The molecule has 356 valence electrons. The average molecular weight is 864 g/mol. The molecular formula is C56H97NO5. The van der Waals surface area contributed by atoms with Crippen LogP contribution in [0.1, 0.15) is 233 Å². The zero-order valence-electron chi connectivity index (χ0n) is 40.5. The first-order valence-electron chi connectivity index (χ1n) is 25.9. The maximum atomic E-state index is 13.2. The number of hydrogen-bond donors (Lipinski definition) is 3. The lowest BCUT2D eigenvalue weighted by atomic mass is 10.0. The van der Waals surface area contributed by atoms with Crippen LogP contribution in [-0.2, 0) is 14.3 Å². The van der Waals surface area contributed by atoms with E-state index in [0.29, 0.717) is 19.3 Å². The second-order valence-corrected chi connectivity index (χ2v) is 17.3. The van der Waals surface area contributed by atoms with Crippen molar-refractivity contribution in [2.24, 2.45) is 0 Å². The Bertz CT molecular complexity index is 1200. The zero-order chi connectivity index (χ0) is 45.2. The van der Waals surface area contributed by atoms with E-state index in [1.807, 2.05) is 54.7 Å². The van der Waals surface area contributed by atoms with Crippen molar-refractivity contribution in [1.82, 2.24) is 5.32 Å². The molecule has 0 rings (SSSR count). The van der Waals surface area contributed by atoms with Gasteiger partial charge in [-0.2, -0.15) is 0 Å². The number of nitrogens with one attached hydrogen (secondary N) is 1. The van der Waals surface area contributed by atoms with Crippen molar-refractivity contribution in [2.75, 3.05) is 6.61 Å². The van der Waals surface area contributed by atoms with Gasteiger partial charge in [0.15, 0.2) is 0 Å². The zero-order valence-corrected chi connectivity index (χ0v) is 40.5. The maximum Gasteiger partial charge on any atom is 0.306 e. The van der Waals surface area contributed by atoms with Gasteiger partial charge in [0.05, 0.1) is 25.2 Å². The van der Waals surface area contributed by atoms with Crippen LogP contribution < -0.4 is 5.32 Å². The molecule has 6 nitrogen and oxygen atoms in total. The van der Waals surface area contributed by atoms with Gasteiger partial charge in [-0.25, -0.2) is 0 Å². The van der Waals surface area contributed by atoms with E-state index in [1.165, 1.54) is 116 Å².